The molecular formula is C13H22BNiO2. The van der Waals surface area contributed by atoms with Crippen molar-refractivity contribution >= 4 is 12.6 Å². The van der Waals surface area contributed by atoms with Crippen molar-refractivity contribution in [1.82, 2.24) is 0 Å². The van der Waals surface area contributed by atoms with Crippen LogP contribution in [-0.4, -0.2) is 17.2 Å². The van der Waals surface area contributed by atoms with Gasteiger partial charge in [0, 0.05) is 0 Å². The predicted octanol–water partition coefficient (Wildman–Crippen LogP) is 2.01. The molecule has 0 saturated heterocycles. The Morgan fingerprint density at radius 3 is 1.65 bits per heavy atom. The maximum atomic E-state index is 8.72. The summed E-state index contributed by atoms with van der Waals surface area (Å²) in [6.07, 6.45) is 2.00. The fourth-order valence-electron chi connectivity index (χ4n) is 0.786. The normalized spacial score (nSPS) is 7.65. The molecule has 1 rings (SSSR count). The van der Waals surface area contributed by atoms with Gasteiger partial charge in [0.2, 0.25) is 0 Å². The summed E-state index contributed by atoms with van der Waals surface area (Å²) in [7, 11) is -1.41. The maximum absolute atomic E-state index is 8.72. The van der Waals surface area contributed by atoms with Crippen LogP contribution >= 0.6 is 0 Å². The number of benzene rings is 1. The standard InChI is InChI=1S/C7H8BO2.2C3H7.Ni/c1-6-4-2-3-5-7(6)8(9)10;2*1-3-2;/h2-5,9-10H,1H2;2*1,3H2,2H3;/q3*-1;+3. The number of hydrogen-bond acceptors (Lipinski definition) is 2. The van der Waals surface area contributed by atoms with Crippen LogP contribution in [0.2, 0.25) is 0 Å². The molecule has 0 aliphatic heterocycles. The van der Waals surface area contributed by atoms with Crippen molar-refractivity contribution in [3.63, 3.8) is 0 Å². The number of hydrogen-bond donors (Lipinski definition) is 2. The summed E-state index contributed by atoms with van der Waals surface area (Å²) in [4.78, 5) is 0. The van der Waals surface area contributed by atoms with E-state index in [9.17, 15) is 0 Å². The van der Waals surface area contributed by atoms with Crippen molar-refractivity contribution in [1.29, 1.82) is 0 Å². The van der Waals surface area contributed by atoms with Crippen molar-refractivity contribution in [2.45, 2.75) is 26.7 Å². The first-order chi connectivity index (χ1) is 7.54. The first-order valence-corrected chi connectivity index (χ1v) is 5.40. The van der Waals surface area contributed by atoms with Crippen LogP contribution in [0.4, 0.5) is 0 Å². The molecule has 0 atom stereocenters. The summed E-state index contributed by atoms with van der Waals surface area (Å²) in [5.74, 6) is 0. The van der Waals surface area contributed by atoms with E-state index >= 15 is 0 Å². The summed E-state index contributed by atoms with van der Waals surface area (Å²) in [6.45, 7) is 14.6. The van der Waals surface area contributed by atoms with Gasteiger partial charge in [-0.3, -0.25) is 0 Å². The smallest absolute Gasteiger partial charge is 0.434 e. The van der Waals surface area contributed by atoms with E-state index in [0.717, 1.165) is 12.8 Å². The fraction of sp³-hybridized carbons (Fsp3) is 0.308. The van der Waals surface area contributed by atoms with E-state index in [1.54, 1.807) is 24.3 Å². The van der Waals surface area contributed by atoms with E-state index in [4.69, 9.17) is 10.0 Å². The Bertz CT molecular complexity index is 253. The monoisotopic (exact) mass is 279 g/mol. The quantitative estimate of drug-likeness (QED) is 0.610. The molecule has 0 heterocycles. The van der Waals surface area contributed by atoms with Gasteiger partial charge in [-0.05, 0) is 0 Å². The van der Waals surface area contributed by atoms with Gasteiger partial charge in [0.15, 0.2) is 0 Å². The van der Waals surface area contributed by atoms with Crippen LogP contribution in [0.3, 0.4) is 0 Å². The first-order valence-electron chi connectivity index (χ1n) is 5.40. The largest absolute Gasteiger partial charge is 3.00 e. The van der Waals surface area contributed by atoms with Gasteiger partial charge in [-0.2, -0.15) is 31.4 Å². The molecule has 4 heteroatoms. The summed E-state index contributed by atoms with van der Waals surface area (Å²) < 4.78 is 0. The van der Waals surface area contributed by atoms with Crippen LogP contribution < -0.4 is 5.46 Å². The third-order valence-electron chi connectivity index (χ3n) is 1.33. The molecule has 1 aromatic rings. The Hall–Kier alpha value is -0.432. The van der Waals surface area contributed by atoms with Crippen LogP contribution in [0.1, 0.15) is 32.3 Å². The van der Waals surface area contributed by atoms with Crippen molar-refractivity contribution in [3.8, 4) is 0 Å². The average molecular weight is 280 g/mol. The minimum atomic E-state index is -1.41. The maximum Gasteiger partial charge on any atom is 3.00 e. The van der Waals surface area contributed by atoms with Gasteiger partial charge in [0.1, 0.15) is 0 Å². The molecule has 2 N–H and O–H groups in total. The summed E-state index contributed by atoms with van der Waals surface area (Å²) >= 11 is 0. The van der Waals surface area contributed by atoms with Crippen molar-refractivity contribution < 1.29 is 26.5 Å². The third-order valence-corrected chi connectivity index (χ3v) is 1.33. The van der Waals surface area contributed by atoms with Gasteiger partial charge in [0.05, 0.1) is 0 Å². The average Bonchev–Trinajstić information content (AvgIpc) is 2.20. The van der Waals surface area contributed by atoms with Crippen LogP contribution in [-0.2, 0) is 16.5 Å². The second-order valence-electron chi connectivity index (χ2n) is 3.07. The molecule has 17 heavy (non-hydrogen) atoms. The van der Waals surface area contributed by atoms with Gasteiger partial charge in [-0.1, -0.05) is 19.9 Å². The second kappa shape index (κ2) is 15.6. The second-order valence-corrected chi connectivity index (χ2v) is 3.07. The number of rotatable bonds is 1. The summed E-state index contributed by atoms with van der Waals surface area (Å²) in [5.41, 5.74) is 1.11. The molecule has 0 aromatic heterocycles. The molecular weight excluding hydrogens is 258 g/mol. The van der Waals surface area contributed by atoms with E-state index in [2.05, 4.69) is 20.8 Å². The minimum Gasteiger partial charge on any atom is -0.434 e. The fourth-order valence-corrected chi connectivity index (χ4v) is 0.786. The molecule has 0 spiro atoms. The van der Waals surface area contributed by atoms with Gasteiger partial charge >= 0.3 is 23.6 Å². The molecule has 99 valence electrons. The topological polar surface area (TPSA) is 40.5 Å². The van der Waals surface area contributed by atoms with E-state index in [0.29, 0.717) is 11.0 Å². The minimum absolute atomic E-state index is 0. The van der Waals surface area contributed by atoms with E-state index in [-0.39, 0.29) is 16.5 Å². The molecule has 0 aliphatic rings. The molecule has 1 radical (unpaired) electrons. The molecule has 1 aromatic carbocycles. The first kappa shape index (κ1) is 21.8. The molecule has 0 saturated carbocycles. The van der Waals surface area contributed by atoms with Crippen LogP contribution in [0.5, 0.6) is 0 Å². The summed E-state index contributed by atoms with van der Waals surface area (Å²) in [6, 6.07) is 6.90. The zero-order valence-corrected chi connectivity index (χ0v) is 11.6. The molecule has 0 fully saturated rings. The zero-order chi connectivity index (χ0) is 13.0. The Balaban J connectivity index is -0.000000240. The predicted molar refractivity (Wildman–Crippen MR) is 72.0 cm³/mol. The Morgan fingerprint density at radius 1 is 1.06 bits per heavy atom. The van der Waals surface area contributed by atoms with Gasteiger partial charge in [-0.15, -0.1) is 17.6 Å². The van der Waals surface area contributed by atoms with Crippen molar-refractivity contribution in [2.24, 2.45) is 0 Å². The molecule has 0 bridgehead atoms. The molecule has 0 aliphatic carbocycles. The van der Waals surface area contributed by atoms with Crippen LogP contribution in [0.15, 0.2) is 24.3 Å². The molecule has 2 nitrogen and oxygen atoms in total. The van der Waals surface area contributed by atoms with E-state index < -0.39 is 7.12 Å². The SMILES string of the molecule is [CH2-]CC.[CH2-]CC.[CH2-]c1ccccc1B(O)O.[Ni+3]. The van der Waals surface area contributed by atoms with Gasteiger partial charge in [0.25, 0.3) is 0 Å². The van der Waals surface area contributed by atoms with Gasteiger partial charge < -0.3 is 23.9 Å². The third kappa shape index (κ3) is 13.5. The van der Waals surface area contributed by atoms with Crippen LogP contribution in [0, 0.1) is 20.8 Å². The Morgan fingerprint density at radius 2 is 1.41 bits per heavy atom. The van der Waals surface area contributed by atoms with Crippen molar-refractivity contribution in [2.75, 3.05) is 0 Å². The summed E-state index contributed by atoms with van der Waals surface area (Å²) in [5, 5.41) is 17.4. The van der Waals surface area contributed by atoms with E-state index in [1.165, 1.54) is 0 Å². The van der Waals surface area contributed by atoms with Gasteiger partial charge in [-0.25, -0.2) is 0 Å². The van der Waals surface area contributed by atoms with Crippen molar-refractivity contribution in [3.05, 3.63) is 50.6 Å². The molecule has 0 unspecified atom stereocenters. The molecule has 0 amide bonds. The Labute approximate surface area is 117 Å². The zero-order valence-electron chi connectivity index (χ0n) is 10.6. The van der Waals surface area contributed by atoms with E-state index in [1.807, 2.05) is 13.8 Å². The van der Waals surface area contributed by atoms with Crippen LogP contribution in [0.25, 0.3) is 0 Å². The Kier molecular flexibility index (Phi) is 20.0.